The van der Waals surface area contributed by atoms with Gasteiger partial charge in [-0.2, -0.15) is 4.31 Å². The third kappa shape index (κ3) is 4.45. The SMILES string of the molecule is O=C(Nc1ccc(F)cc1)c1nnc(C2CCCN2S(=O)(=O)c2ccc(F)c(Cl)c2)s1. The second-order valence-electron chi connectivity index (χ2n) is 6.76. The van der Waals surface area contributed by atoms with Gasteiger partial charge in [-0.25, -0.2) is 17.2 Å². The predicted molar refractivity (Wildman–Crippen MR) is 112 cm³/mol. The maximum Gasteiger partial charge on any atom is 0.286 e. The summed E-state index contributed by atoms with van der Waals surface area (Å²) in [6.07, 6.45) is 1.10. The molecule has 1 fully saturated rings. The largest absolute Gasteiger partial charge is 0.320 e. The van der Waals surface area contributed by atoms with Crippen LogP contribution in [0.1, 0.15) is 33.7 Å². The number of rotatable bonds is 5. The molecular weight excluding hydrogens is 470 g/mol. The summed E-state index contributed by atoms with van der Waals surface area (Å²) in [5.41, 5.74) is 0.390. The zero-order valence-corrected chi connectivity index (χ0v) is 18.1. The average molecular weight is 485 g/mol. The van der Waals surface area contributed by atoms with Crippen LogP contribution < -0.4 is 5.32 Å². The normalized spacial score (nSPS) is 17.1. The van der Waals surface area contributed by atoms with Crippen molar-refractivity contribution in [2.24, 2.45) is 0 Å². The van der Waals surface area contributed by atoms with E-state index in [-0.39, 0.29) is 21.5 Å². The highest BCUT2D eigenvalue weighted by molar-refractivity contribution is 7.89. The van der Waals surface area contributed by atoms with Crippen molar-refractivity contribution in [3.05, 3.63) is 69.1 Å². The van der Waals surface area contributed by atoms with Crippen molar-refractivity contribution in [2.75, 3.05) is 11.9 Å². The van der Waals surface area contributed by atoms with E-state index >= 15 is 0 Å². The number of amides is 1. The fraction of sp³-hybridized carbons (Fsp3) is 0.211. The van der Waals surface area contributed by atoms with Gasteiger partial charge in [0, 0.05) is 12.2 Å². The summed E-state index contributed by atoms with van der Waals surface area (Å²) in [5, 5.41) is 10.6. The molecule has 2 aromatic carbocycles. The van der Waals surface area contributed by atoms with Gasteiger partial charge >= 0.3 is 0 Å². The van der Waals surface area contributed by atoms with E-state index in [1.165, 1.54) is 28.6 Å². The van der Waals surface area contributed by atoms with Gasteiger partial charge in [0.25, 0.3) is 5.91 Å². The smallest absolute Gasteiger partial charge is 0.286 e. The van der Waals surface area contributed by atoms with Crippen LogP contribution in [0.15, 0.2) is 47.4 Å². The lowest BCUT2D eigenvalue weighted by molar-refractivity contribution is 0.102. The quantitative estimate of drug-likeness (QED) is 0.584. The molecule has 1 aromatic heterocycles. The van der Waals surface area contributed by atoms with E-state index in [9.17, 15) is 22.0 Å². The highest BCUT2D eigenvalue weighted by atomic mass is 35.5. The first kappa shape index (κ1) is 21.8. The molecule has 4 rings (SSSR count). The number of carbonyl (C=O) groups is 1. The van der Waals surface area contributed by atoms with E-state index < -0.39 is 33.6 Å². The van der Waals surface area contributed by atoms with E-state index in [1.807, 2.05) is 0 Å². The molecule has 31 heavy (non-hydrogen) atoms. The zero-order valence-electron chi connectivity index (χ0n) is 15.8. The van der Waals surface area contributed by atoms with Crippen LogP contribution >= 0.6 is 22.9 Å². The van der Waals surface area contributed by atoms with Crippen LogP contribution in [0.25, 0.3) is 0 Å². The summed E-state index contributed by atoms with van der Waals surface area (Å²) >= 11 is 6.73. The van der Waals surface area contributed by atoms with Crippen molar-refractivity contribution >= 4 is 44.6 Å². The number of anilines is 1. The van der Waals surface area contributed by atoms with Gasteiger partial charge in [-0.15, -0.1) is 10.2 Å². The highest BCUT2D eigenvalue weighted by Crippen LogP contribution is 2.38. The molecule has 1 amide bonds. The van der Waals surface area contributed by atoms with E-state index in [4.69, 9.17) is 11.6 Å². The Morgan fingerprint density at radius 2 is 1.90 bits per heavy atom. The first-order valence-electron chi connectivity index (χ1n) is 9.13. The molecule has 1 unspecified atom stereocenters. The van der Waals surface area contributed by atoms with E-state index in [1.54, 1.807) is 0 Å². The van der Waals surface area contributed by atoms with Crippen molar-refractivity contribution < 1.29 is 22.0 Å². The number of halogens is 3. The summed E-state index contributed by atoms with van der Waals surface area (Å²) in [6, 6.07) is 7.88. The fourth-order valence-corrected chi connectivity index (χ4v) is 6.11. The van der Waals surface area contributed by atoms with Gasteiger partial charge in [0.05, 0.1) is 16.0 Å². The monoisotopic (exact) mass is 484 g/mol. The second-order valence-corrected chi connectivity index (χ2v) is 10.1. The van der Waals surface area contributed by atoms with Crippen LogP contribution in [-0.4, -0.2) is 35.4 Å². The molecule has 0 spiro atoms. The van der Waals surface area contributed by atoms with Crippen LogP contribution in [0.3, 0.4) is 0 Å². The maximum atomic E-state index is 13.4. The molecular formula is C19H15ClF2N4O3S2. The molecule has 1 aliphatic heterocycles. The molecule has 2 heterocycles. The first-order valence-corrected chi connectivity index (χ1v) is 11.8. The van der Waals surface area contributed by atoms with E-state index in [0.29, 0.717) is 23.5 Å². The van der Waals surface area contributed by atoms with Crippen molar-refractivity contribution in [3.8, 4) is 0 Å². The number of nitrogens with zero attached hydrogens (tertiary/aromatic N) is 3. The number of hydrogen-bond donors (Lipinski definition) is 1. The molecule has 0 bridgehead atoms. The molecule has 1 saturated heterocycles. The summed E-state index contributed by atoms with van der Waals surface area (Å²) in [6.45, 7) is 0.249. The van der Waals surface area contributed by atoms with Gasteiger partial charge in [0.1, 0.15) is 16.6 Å². The number of carbonyl (C=O) groups excluding carboxylic acids is 1. The number of nitrogens with one attached hydrogen (secondary N) is 1. The number of aromatic nitrogens is 2. The third-order valence-corrected chi connectivity index (χ3v) is 7.94. The molecule has 7 nitrogen and oxygen atoms in total. The predicted octanol–water partition coefficient (Wildman–Crippen LogP) is 4.25. The van der Waals surface area contributed by atoms with Gasteiger partial charge in [-0.3, -0.25) is 4.79 Å². The summed E-state index contributed by atoms with van der Waals surface area (Å²) in [4.78, 5) is 12.3. The van der Waals surface area contributed by atoms with Gasteiger partial charge in [0.15, 0.2) is 0 Å². The first-order chi connectivity index (χ1) is 14.8. The van der Waals surface area contributed by atoms with Gasteiger partial charge in [0.2, 0.25) is 15.0 Å². The molecule has 0 saturated carbocycles. The Labute approximate surface area is 185 Å². The molecule has 162 valence electrons. The number of benzene rings is 2. The molecule has 1 aliphatic rings. The molecule has 1 N–H and O–H groups in total. The second kappa shape index (κ2) is 8.58. The Hall–Kier alpha value is -2.47. The summed E-state index contributed by atoms with van der Waals surface area (Å²) in [7, 11) is -3.95. The zero-order chi connectivity index (χ0) is 22.2. The van der Waals surface area contributed by atoms with Gasteiger partial charge < -0.3 is 5.32 Å². The maximum absolute atomic E-state index is 13.4. The summed E-state index contributed by atoms with van der Waals surface area (Å²) < 4.78 is 53.9. The topological polar surface area (TPSA) is 92.3 Å². The Balaban J connectivity index is 1.55. The minimum atomic E-state index is -3.95. The van der Waals surface area contributed by atoms with Gasteiger partial charge in [-0.1, -0.05) is 22.9 Å². The Bertz CT molecular complexity index is 1240. The van der Waals surface area contributed by atoms with Crippen molar-refractivity contribution in [1.29, 1.82) is 0 Å². The van der Waals surface area contributed by atoms with E-state index in [2.05, 4.69) is 15.5 Å². The number of sulfonamides is 1. The third-order valence-electron chi connectivity index (χ3n) is 4.72. The fourth-order valence-electron chi connectivity index (χ4n) is 3.23. The Morgan fingerprint density at radius 1 is 1.16 bits per heavy atom. The van der Waals surface area contributed by atoms with Crippen LogP contribution in [0.2, 0.25) is 5.02 Å². The minimum Gasteiger partial charge on any atom is -0.320 e. The van der Waals surface area contributed by atoms with Crippen molar-refractivity contribution in [3.63, 3.8) is 0 Å². The van der Waals surface area contributed by atoms with Crippen LogP contribution in [-0.2, 0) is 10.0 Å². The van der Waals surface area contributed by atoms with Crippen molar-refractivity contribution in [2.45, 2.75) is 23.8 Å². The van der Waals surface area contributed by atoms with Crippen LogP contribution in [0.4, 0.5) is 14.5 Å². The molecule has 0 radical (unpaired) electrons. The highest BCUT2D eigenvalue weighted by Gasteiger charge is 2.38. The molecule has 12 heteroatoms. The molecule has 3 aromatic rings. The summed E-state index contributed by atoms with van der Waals surface area (Å²) in [5.74, 6) is -1.67. The van der Waals surface area contributed by atoms with Crippen molar-refractivity contribution in [1.82, 2.24) is 14.5 Å². The minimum absolute atomic E-state index is 0.0494. The average Bonchev–Trinajstić information content (AvgIpc) is 3.41. The Kier molecular flexibility index (Phi) is 6.02. The lowest BCUT2D eigenvalue weighted by Gasteiger charge is -2.22. The van der Waals surface area contributed by atoms with Crippen LogP contribution in [0, 0.1) is 11.6 Å². The number of hydrogen-bond acceptors (Lipinski definition) is 6. The standard InChI is InChI=1S/C19H15ClF2N4O3S2/c20-14-10-13(7-8-15(14)22)31(28,29)26-9-1-2-16(26)18-24-25-19(30-18)17(27)23-12-5-3-11(21)4-6-12/h3-8,10,16H,1-2,9H2,(H,23,27). The lowest BCUT2D eigenvalue weighted by Crippen LogP contribution is -2.30. The Morgan fingerprint density at radius 3 is 2.61 bits per heavy atom. The van der Waals surface area contributed by atoms with E-state index in [0.717, 1.165) is 29.5 Å². The van der Waals surface area contributed by atoms with Gasteiger partial charge in [-0.05, 0) is 55.3 Å². The molecule has 1 atom stereocenters. The lowest BCUT2D eigenvalue weighted by atomic mass is 10.2. The molecule has 0 aliphatic carbocycles. The van der Waals surface area contributed by atoms with Crippen LogP contribution in [0.5, 0.6) is 0 Å².